The Bertz CT molecular complexity index is 563. The number of pyridine rings is 1. The zero-order valence-corrected chi connectivity index (χ0v) is 12.6. The van der Waals surface area contributed by atoms with E-state index in [9.17, 15) is 4.79 Å². The van der Waals surface area contributed by atoms with Crippen LogP contribution in [0.4, 0.5) is 5.82 Å². The van der Waals surface area contributed by atoms with Crippen LogP contribution in [0.15, 0.2) is 28.9 Å². The molecule has 0 saturated carbocycles. The summed E-state index contributed by atoms with van der Waals surface area (Å²) in [7, 11) is 0. The summed E-state index contributed by atoms with van der Waals surface area (Å²) < 4.78 is 0.890. The van der Waals surface area contributed by atoms with Crippen LogP contribution in [-0.2, 0) is 6.42 Å². The molecule has 2 rings (SSSR count). The molecule has 0 fully saturated rings. The molecule has 2 aromatic heterocycles. The largest absolute Gasteiger partial charge is 0.306 e. The van der Waals surface area contributed by atoms with Gasteiger partial charge >= 0.3 is 0 Å². The van der Waals surface area contributed by atoms with Gasteiger partial charge in [-0.25, -0.2) is 4.98 Å². The number of aromatic nitrogens is 1. The summed E-state index contributed by atoms with van der Waals surface area (Å²) in [5.41, 5.74) is 1.23. The number of hydrogen-bond donors (Lipinski definition) is 1. The molecular formula is C13H13BrN2OS. The van der Waals surface area contributed by atoms with Crippen molar-refractivity contribution >= 4 is 39.0 Å². The van der Waals surface area contributed by atoms with Gasteiger partial charge < -0.3 is 5.32 Å². The summed E-state index contributed by atoms with van der Waals surface area (Å²) in [6.45, 7) is 4.13. The number of anilines is 1. The molecule has 0 aliphatic heterocycles. The van der Waals surface area contributed by atoms with Gasteiger partial charge in [-0.3, -0.25) is 4.79 Å². The summed E-state index contributed by atoms with van der Waals surface area (Å²) in [5, 5.41) is 2.79. The lowest BCUT2D eigenvalue weighted by Gasteiger charge is -2.01. The van der Waals surface area contributed by atoms with Crippen LogP contribution in [-0.4, -0.2) is 10.9 Å². The Morgan fingerprint density at radius 1 is 1.50 bits per heavy atom. The summed E-state index contributed by atoms with van der Waals surface area (Å²) in [4.78, 5) is 18.1. The topological polar surface area (TPSA) is 42.0 Å². The van der Waals surface area contributed by atoms with Gasteiger partial charge in [0.05, 0.1) is 4.88 Å². The monoisotopic (exact) mass is 324 g/mol. The SMILES string of the molecule is CCc1cc(C(=O)Nc2ccc(Br)cn2)sc1C. The van der Waals surface area contributed by atoms with Crippen molar-refractivity contribution in [1.82, 2.24) is 4.98 Å². The fourth-order valence-corrected chi connectivity index (χ4v) is 2.85. The zero-order valence-electron chi connectivity index (χ0n) is 10.2. The average Bonchev–Trinajstić information content (AvgIpc) is 2.73. The maximum absolute atomic E-state index is 12.0. The molecule has 0 spiro atoms. The molecule has 0 unspecified atom stereocenters. The van der Waals surface area contributed by atoms with Gasteiger partial charge in [-0.15, -0.1) is 11.3 Å². The third-order valence-corrected chi connectivity index (χ3v) is 4.15. The Morgan fingerprint density at radius 2 is 2.28 bits per heavy atom. The van der Waals surface area contributed by atoms with Crippen molar-refractivity contribution in [3.63, 3.8) is 0 Å². The number of aryl methyl sites for hydroxylation is 2. The van der Waals surface area contributed by atoms with Gasteiger partial charge in [0, 0.05) is 15.5 Å². The van der Waals surface area contributed by atoms with Gasteiger partial charge in [-0.2, -0.15) is 0 Å². The van der Waals surface area contributed by atoms with Crippen LogP contribution in [0.2, 0.25) is 0 Å². The van der Waals surface area contributed by atoms with Gasteiger partial charge in [0.25, 0.3) is 5.91 Å². The van der Waals surface area contributed by atoms with Crippen LogP contribution < -0.4 is 5.32 Å². The minimum absolute atomic E-state index is 0.0994. The van der Waals surface area contributed by atoms with E-state index in [4.69, 9.17) is 0 Å². The molecule has 0 aliphatic carbocycles. The number of rotatable bonds is 3. The number of carbonyl (C=O) groups excluding carboxylic acids is 1. The lowest BCUT2D eigenvalue weighted by Crippen LogP contribution is -2.11. The summed E-state index contributed by atoms with van der Waals surface area (Å²) in [6, 6.07) is 5.57. The smallest absolute Gasteiger partial charge is 0.266 e. The number of thiophene rings is 1. The van der Waals surface area contributed by atoms with E-state index in [2.05, 4.69) is 33.2 Å². The van der Waals surface area contributed by atoms with Crippen LogP contribution in [0.5, 0.6) is 0 Å². The molecule has 0 saturated heterocycles. The third-order valence-electron chi connectivity index (χ3n) is 2.59. The van der Waals surface area contributed by atoms with Crippen LogP contribution >= 0.6 is 27.3 Å². The van der Waals surface area contributed by atoms with E-state index in [1.807, 2.05) is 19.1 Å². The molecule has 2 aromatic rings. The minimum Gasteiger partial charge on any atom is -0.306 e. The van der Waals surface area contributed by atoms with E-state index in [1.54, 1.807) is 12.3 Å². The van der Waals surface area contributed by atoms with Gasteiger partial charge in [0.2, 0.25) is 0 Å². The molecule has 0 aromatic carbocycles. The van der Waals surface area contributed by atoms with Gasteiger partial charge in [-0.1, -0.05) is 6.92 Å². The minimum atomic E-state index is -0.0994. The van der Waals surface area contributed by atoms with Crippen molar-refractivity contribution in [2.75, 3.05) is 5.32 Å². The van der Waals surface area contributed by atoms with Gasteiger partial charge in [0.1, 0.15) is 5.82 Å². The Kier molecular flexibility index (Phi) is 4.14. The van der Waals surface area contributed by atoms with E-state index in [-0.39, 0.29) is 5.91 Å². The number of nitrogens with zero attached hydrogens (tertiary/aromatic N) is 1. The Morgan fingerprint density at radius 3 is 2.83 bits per heavy atom. The molecule has 94 valence electrons. The number of halogens is 1. The van der Waals surface area contributed by atoms with Crippen molar-refractivity contribution < 1.29 is 4.79 Å². The maximum Gasteiger partial charge on any atom is 0.266 e. The molecule has 1 amide bonds. The molecule has 18 heavy (non-hydrogen) atoms. The summed E-state index contributed by atoms with van der Waals surface area (Å²) in [5.74, 6) is 0.463. The average molecular weight is 325 g/mol. The number of amides is 1. The highest BCUT2D eigenvalue weighted by atomic mass is 79.9. The molecule has 0 bridgehead atoms. The number of carbonyl (C=O) groups is 1. The first-order chi connectivity index (χ1) is 8.60. The van der Waals surface area contributed by atoms with E-state index in [0.29, 0.717) is 5.82 Å². The molecule has 2 heterocycles. The Labute approximate surface area is 118 Å². The molecule has 3 nitrogen and oxygen atoms in total. The third kappa shape index (κ3) is 2.97. The summed E-state index contributed by atoms with van der Waals surface area (Å²) >= 11 is 4.83. The predicted octanol–water partition coefficient (Wildman–Crippen LogP) is 4.03. The first kappa shape index (κ1) is 13.2. The van der Waals surface area contributed by atoms with Crippen molar-refractivity contribution in [3.05, 3.63) is 44.2 Å². The predicted molar refractivity (Wildman–Crippen MR) is 78.3 cm³/mol. The highest BCUT2D eigenvalue weighted by molar-refractivity contribution is 9.10. The zero-order chi connectivity index (χ0) is 13.1. The normalized spacial score (nSPS) is 10.4. The molecule has 0 radical (unpaired) electrons. The van der Waals surface area contributed by atoms with E-state index in [1.165, 1.54) is 21.8 Å². The van der Waals surface area contributed by atoms with Crippen molar-refractivity contribution in [2.24, 2.45) is 0 Å². The second-order valence-corrected chi connectivity index (χ2v) is 6.03. The van der Waals surface area contributed by atoms with Crippen LogP contribution in [0.25, 0.3) is 0 Å². The Hall–Kier alpha value is -1.20. The van der Waals surface area contributed by atoms with Gasteiger partial charge in [0.15, 0.2) is 0 Å². The fourth-order valence-electron chi connectivity index (χ4n) is 1.61. The summed E-state index contributed by atoms with van der Waals surface area (Å²) in [6.07, 6.45) is 2.61. The number of nitrogens with one attached hydrogen (secondary N) is 1. The second kappa shape index (κ2) is 5.63. The highest BCUT2D eigenvalue weighted by Gasteiger charge is 2.12. The van der Waals surface area contributed by atoms with Crippen molar-refractivity contribution in [1.29, 1.82) is 0 Å². The highest BCUT2D eigenvalue weighted by Crippen LogP contribution is 2.23. The van der Waals surface area contributed by atoms with Crippen molar-refractivity contribution in [2.45, 2.75) is 20.3 Å². The fraction of sp³-hybridized carbons (Fsp3) is 0.231. The second-order valence-electron chi connectivity index (χ2n) is 3.86. The molecule has 0 atom stereocenters. The van der Waals surface area contributed by atoms with Crippen LogP contribution in [0, 0.1) is 6.92 Å². The van der Waals surface area contributed by atoms with Gasteiger partial charge in [-0.05, 0) is 53.0 Å². The van der Waals surface area contributed by atoms with E-state index >= 15 is 0 Å². The van der Waals surface area contributed by atoms with Crippen LogP contribution in [0.1, 0.15) is 27.0 Å². The maximum atomic E-state index is 12.0. The molecule has 5 heteroatoms. The molecule has 1 N–H and O–H groups in total. The van der Waals surface area contributed by atoms with E-state index < -0.39 is 0 Å². The quantitative estimate of drug-likeness (QED) is 0.926. The number of hydrogen-bond acceptors (Lipinski definition) is 3. The lowest BCUT2D eigenvalue weighted by atomic mass is 10.2. The standard InChI is InChI=1S/C13H13BrN2OS/c1-3-9-6-11(18-8(9)2)13(17)16-12-5-4-10(14)7-15-12/h4-7H,3H2,1-2H3,(H,15,16,17). The van der Waals surface area contributed by atoms with Crippen LogP contribution in [0.3, 0.4) is 0 Å². The lowest BCUT2D eigenvalue weighted by molar-refractivity contribution is 0.103. The first-order valence-electron chi connectivity index (χ1n) is 5.62. The first-order valence-corrected chi connectivity index (χ1v) is 7.23. The van der Waals surface area contributed by atoms with E-state index in [0.717, 1.165) is 15.8 Å². The van der Waals surface area contributed by atoms with Crippen molar-refractivity contribution in [3.8, 4) is 0 Å². The molecular weight excluding hydrogens is 312 g/mol. The Balaban J connectivity index is 2.14. The molecule has 0 aliphatic rings.